The minimum Gasteiger partial charge on any atom is -0.383 e. The number of hydrogen-bond acceptors (Lipinski definition) is 4. The van der Waals surface area contributed by atoms with E-state index in [2.05, 4.69) is 17.3 Å². The molecule has 2 unspecified atom stereocenters. The van der Waals surface area contributed by atoms with Gasteiger partial charge in [0.15, 0.2) is 0 Å². The summed E-state index contributed by atoms with van der Waals surface area (Å²) in [5, 5.41) is 3.38. The molecule has 1 fully saturated rings. The van der Waals surface area contributed by atoms with Crippen molar-refractivity contribution in [3.05, 3.63) is 0 Å². The minimum absolute atomic E-state index is 0.601. The Bertz CT molecular complexity index is 167. The fourth-order valence-corrected chi connectivity index (χ4v) is 2.10. The van der Waals surface area contributed by atoms with Crippen LogP contribution in [0.4, 0.5) is 0 Å². The summed E-state index contributed by atoms with van der Waals surface area (Å²) in [5.74, 6) is 0.602. The Kier molecular flexibility index (Phi) is 6.17. The quantitative estimate of drug-likeness (QED) is 0.687. The number of nitrogens with one attached hydrogen (secondary N) is 1. The Morgan fingerprint density at radius 1 is 1.53 bits per heavy atom. The van der Waals surface area contributed by atoms with Gasteiger partial charge >= 0.3 is 0 Å². The highest BCUT2D eigenvalue weighted by molar-refractivity contribution is 4.80. The zero-order valence-electron chi connectivity index (χ0n) is 10.2. The van der Waals surface area contributed by atoms with Crippen molar-refractivity contribution in [2.45, 2.75) is 12.5 Å². The lowest BCUT2D eigenvalue weighted by atomic mass is 9.95. The third kappa shape index (κ3) is 4.47. The molecule has 0 aromatic rings. The highest BCUT2D eigenvalue weighted by atomic mass is 16.5. The number of ether oxygens (including phenoxy) is 2. The van der Waals surface area contributed by atoms with Crippen LogP contribution in [0.15, 0.2) is 0 Å². The van der Waals surface area contributed by atoms with E-state index in [1.807, 2.05) is 7.05 Å². The average molecular weight is 216 g/mol. The molecule has 90 valence electrons. The van der Waals surface area contributed by atoms with Gasteiger partial charge in [-0.15, -0.1) is 0 Å². The van der Waals surface area contributed by atoms with Gasteiger partial charge in [0.05, 0.1) is 13.2 Å². The summed E-state index contributed by atoms with van der Waals surface area (Å²) in [6.07, 6.45) is 1.12. The molecule has 1 aliphatic heterocycles. The van der Waals surface area contributed by atoms with E-state index in [4.69, 9.17) is 9.47 Å². The molecule has 4 heteroatoms. The van der Waals surface area contributed by atoms with Crippen LogP contribution in [0, 0.1) is 5.92 Å². The third-order valence-electron chi connectivity index (χ3n) is 3.07. The molecule has 1 aliphatic rings. The molecular weight excluding hydrogens is 192 g/mol. The Hall–Kier alpha value is -0.160. The number of nitrogens with zero attached hydrogens (tertiary/aromatic N) is 1. The zero-order chi connectivity index (χ0) is 11.1. The van der Waals surface area contributed by atoms with E-state index in [1.54, 1.807) is 7.11 Å². The maximum absolute atomic E-state index is 5.52. The molecule has 0 saturated carbocycles. The van der Waals surface area contributed by atoms with Crippen molar-refractivity contribution in [3.8, 4) is 0 Å². The highest BCUT2D eigenvalue weighted by Crippen LogP contribution is 2.15. The summed E-state index contributed by atoms with van der Waals surface area (Å²) >= 11 is 0. The first-order valence-corrected chi connectivity index (χ1v) is 5.70. The smallest absolute Gasteiger partial charge is 0.0589 e. The van der Waals surface area contributed by atoms with Crippen molar-refractivity contribution < 1.29 is 9.47 Å². The molecule has 0 aliphatic carbocycles. The summed E-state index contributed by atoms with van der Waals surface area (Å²) in [4.78, 5) is 2.31. The molecule has 0 bridgehead atoms. The zero-order valence-corrected chi connectivity index (χ0v) is 10.2. The van der Waals surface area contributed by atoms with Gasteiger partial charge < -0.3 is 19.7 Å². The standard InChI is InChI=1S/C11H24N2O2/c1-12-11-4-6-15-9-10(11)8-13(2)5-7-14-3/h10-12H,4-9H2,1-3H3. The molecule has 15 heavy (non-hydrogen) atoms. The Balaban J connectivity index is 2.27. The SMILES string of the molecule is CNC1CCOCC1CN(C)CCOC. The molecule has 2 atom stereocenters. The van der Waals surface area contributed by atoms with Crippen LogP contribution in [0.2, 0.25) is 0 Å². The molecular formula is C11H24N2O2. The summed E-state index contributed by atoms with van der Waals surface area (Å²) in [6, 6.07) is 0.601. The van der Waals surface area contributed by atoms with Crippen LogP contribution in [-0.4, -0.2) is 65.1 Å². The Morgan fingerprint density at radius 2 is 2.33 bits per heavy atom. The summed E-state index contributed by atoms with van der Waals surface area (Å²) in [6.45, 7) is 4.64. The topological polar surface area (TPSA) is 33.7 Å². The van der Waals surface area contributed by atoms with Gasteiger partial charge in [0, 0.05) is 38.8 Å². The lowest BCUT2D eigenvalue weighted by Crippen LogP contribution is -2.46. The van der Waals surface area contributed by atoms with E-state index in [-0.39, 0.29) is 0 Å². The Labute approximate surface area is 92.9 Å². The number of rotatable bonds is 6. The van der Waals surface area contributed by atoms with Crippen molar-refractivity contribution in [1.29, 1.82) is 0 Å². The molecule has 0 radical (unpaired) electrons. The highest BCUT2D eigenvalue weighted by Gasteiger charge is 2.25. The van der Waals surface area contributed by atoms with Gasteiger partial charge in [0.1, 0.15) is 0 Å². The van der Waals surface area contributed by atoms with Crippen LogP contribution in [0.25, 0.3) is 0 Å². The fraction of sp³-hybridized carbons (Fsp3) is 1.00. The third-order valence-corrected chi connectivity index (χ3v) is 3.07. The lowest BCUT2D eigenvalue weighted by Gasteiger charge is -2.34. The van der Waals surface area contributed by atoms with E-state index in [1.165, 1.54) is 0 Å². The first-order valence-electron chi connectivity index (χ1n) is 5.70. The van der Waals surface area contributed by atoms with Crippen LogP contribution < -0.4 is 5.32 Å². The average Bonchev–Trinajstić information content (AvgIpc) is 2.27. The van der Waals surface area contributed by atoms with E-state index in [0.29, 0.717) is 12.0 Å². The van der Waals surface area contributed by atoms with E-state index >= 15 is 0 Å². The number of hydrogen-bond donors (Lipinski definition) is 1. The molecule has 1 saturated heterocycles. The normalized spacial score (nSPS) is 27.2. The predicted octanol–water partition coefficient (Wildman–Crippen LogP) is 0.189. The Morgan fingerprint density at radius 3 is 3.00 bits per heavy atom. The summed E-state index contributed by atoms with van der Waals surface area (Å²) in [5.41, 5.74) is 0. The molecule has 1 rings (SSSR count). The van der Waals surface area contributed by atoms with Gasteiger partial charge in [0.25, 0.3) is 0 Å². The molecule has 0 aromatic carbocycles. The maximum atomic E-state index is 5.52. The van der Waals surface area contributed by atoms with Gasteiger partial charge in [-0.25, -0.2) is 0 Å². The number of likely N-dealkylation sites (N-methyl/N-ethyl adjacent to an activating group) is 1. The maximum Gasteiger partial charge on any atom is 0.0589 e. The van der Waals surface area contributed by atoms with Crippen LogP contribution in [-0.2, 0) is 9.47 Å². The second-order valence-electron chi connectivity index (χ2n) is 4.27. The first kappa shape index (κ1) is 12.9. The second-order valence-corrected chi connectivity index (χ2v) is 4.27. The molecule has 0 spiro atoms. The lowest BCUT2D eigenvalue weighted by molar-refractivity contribution is 0.0190. The van der Waals surface area contributed by atoms with Gasteiger partial charge in [-0.3, -0.25) is 0 Å². The predicted molar refractivity (Wildman–Crippen MR) is 61.1 cm³/mol. The number of methoxy groups -OCH3 is 1. The monoisotopic (exact) mass is 216 g/mol. The minimum atomic E-state index is 0.601. The van der Waals surface area contributed by atoms with Crippen LogP contribution in [0.5, 0.6) is 0 Å². The van der Waals surface area contributed by atoms with Crippen LogP contribution in [0.3, 0.4) is 0 Å². The van der Waals surface area contributed by atoms with E-state index in [9.17, 15) is 0 Å². The molecule has 0 aromatic heterocycles. The van der Waals surface area contributed by atoms with E-state index in [0.717, 1.165) is 39.3 Å². The van der Waals surface area contributed by atoms with Gasteiger partial charge in [-0.2, -0.15) is 0 Å². The van der Waals surface area contributed by atoms with Crippen molar-refractivity contribution >= 4 is 0 Å². The van der Waals surface area contributed by atoms with Crippen molar-refractivity contribution in [2.24, 2.45) is 5.92 Å². The van der Waals surface area contributed by atoms with Crippen LogP contribution in [0.1, 0.15) is 6.42 Å². The van der Waals surface area contributed by atoms with Gasteiger partial charge in [-0.1, -0.05) is 0 Å². The van der Waals surface area contributed by atoms with Crippen LogP contribution >= 0.6 is 0 Å². The first-order chi connectivity index (χ1) is 7.27. The molecule has 1 N–H and O–H groups in total. The van der Waals surface area contributed by atoms with Crippen molar-refractivity contribution in [1.82, 2.24) is 10.2 Å². The fourth-order valence-electron chi connectivity index (χ4n) is 2.10. The molecule has 4 nitrogen and oxygen atoms in total. The molecule has 1 heterocycles. The van der Waals surface area contributed by atoms with E-state index < -0.39 is 0 Å². The van der Waals surface area contributed by atoms with Gasteiger partial charge in [-0.05, 0) is 20.5 Å². The summed E-state index contributed by atoms with van der Waals surface area (Å²) in [7, 11) is 5.92. The largest absolute Gasteiger partial charge is 0.383 e. The summed E-state index contributed by atoms with van der Waals surface area (Å²) < 4.78 is 10.6. The van der Waals surface area contributed by atoms with Crippen molar-refractivity contribution in [3.63, 3.8) is 0 Å². The van der Waals surface area contributed by atoms with Gasteiger partial charge in [0.2, 0.25) is 0 Å². The second kappa shape index (κ2) is 7.17. The van der Waals surface area contributed by atoms with Crippen molar-refractivity contribution in [2.75, 3.05) is 54.1 Å². The molecule has 0 amide bonds.